The second-order valence-corrected chi connectivity index (χ2v) is 6.31. The maximum Gasteiger partial charge on any atom is 0.246 e. The zero-order valence-corrected chi connectivity index (χ0v) is 13.3. The number of carbonyl (C=O) groups excluding carboxylic acids is 2. The number of hydrogen-bond acceptors (Lipinski definition) is 2. The molecule has 0 aliphatic rings. The minimum Gasteiger partial charge on any atom is -0.344 e. The summed E-state index contributed by atoms with van der Waals surface area (Å²) in [6, 6.07) is 4.68. The van der Waals surface area contributed by atoms with Gasteiger partial charge in [-0.25, -0.2) is 0 Å². The van der Waals surface area contributed by atoms with Crippen molar-refractivity contribution in [2.45, 2.75) is 40.7 Å². The molecule has 1 atom stereocenters. The van der Waals surface area contributed by atoms with E-state index >= 15 is 0 Å². The highest BCUT2D eigenvalue weighted by atomic mass is 35.5. The first-order chi connectivity index (χ1) is 9.11. The number of amides is 2. The van der Waals surface area contributed by atoms with Crippen LogP contribution in [0.15, 0.2) is 18.2 Å². The van der Waals surface area contributed by atoms with Crippen molar-refractivity contribution in [3.63, 3.8) is 0 Å². The molecular formula is C15H21ClN2O2. The van der Waals surface area contributed by atoms with Gasteiger partial charge in [0.25, 0.3) is 0 Å². The summed E-state index contributed by atoms with van der Waals surface area (Å²) in [7, 11) is 0. The summed E-state index contributed by atoms with van der Waals surface area (Å²) in [5, 5.41) is 6.00. The van der Waals surface area contributed by atoms with Gasteiger partial charge in [0.2, 0.25) is 11.8 Å². The quantitative estimate of drug-likeness (QED) is 0.900. The van der Waals surface area contributed by atoms with Gasteiger partial charge in [0.05, 0.1) is 0 Å². The second kappa shape index (κ2) is 6.27. The van der Waals surface area contributed by atoms with Crippen molar-refractivity contribution in [3.05, 3.63) is 28.8 Å². The van der Waals surface area contributed by atoms with E-state index in [9.17, 15) is 9.59 Å². The van der Waals surface area contributed by atoms with Crippen LogP contribution in [0, 0.1) is 12.3 Å². The molecule has 1 unspecified atom stereocenters. The maximum absolute atomic E-state index is 12.0. The van der Waals surface area contributed by atoms with Crippen LogP contribution in [0.25, 0.3) is 0 Å². The molecule has 110 valence electrons. The number of hydrogen-bond donors (Lipinski definition) is 2. The minimum absolute atomic E-state index is 0.165. The molecule has 2 N–H and O–H groups in total. The number of aryl methyl sites for hydroxylation is 1. The maximum atomic E-state index is 12.0. The number of carbonyl (C=O) groups is 2. The first kappa shape index (κ1) is 16.5. The summed E-state index contributed by atoms with van der Waals surface area (Å²) < 4.78 is 0. The lowest BCUT2D eigenvalue weighted by molar-refractivity contribution is -0.131. The third kappa shape index (κ3) is 4.53. The van der Waals surface area contributed by atoms with Gasteiger partial charge < -0.3 is 10.6 Å². The summed E-state index contributed by atoms with van der Waals surface area (Å²) in [5.74, 6) is -0.440. The molecule has 1 aromatic rings. The predicted octanol–water partition coefficient (Wildman–Crippen LogP) is 3.14. The lowest BCUT2D eigenvalue weighted by Gasteiger charge is -2.21. The molecule has 20 heavy (non-hydrogen) atoms. The SMILES string of the molecule is Cc1ccc(NC(=O)C(C)NC(=O)C(C)(C)C)cc1Cl. The van der Waals surface area contributed by atoms with Gasteiger partial charge >= 0.3 is 0 Å². The van der Waals surface area contributed by atoms with Crippen molar-refractivity contribution in [1.82, 2.24) is 5.32 Å². The van der Waals surface area contributed by atoms with Crippen LogP contribution in [-0.2, 0) is 9.59 Å². The molecular weight excluding hydrogens is 276 g/mol. The van der Waals surface area contributed by atoms with Gasteiger partial charge in [-0.1, -0.05) is 38.4 Å². The lowest BCUT2D eigenvalue weighted by Crippen LogP contribution is -2.46. The van der Waals surface area contributed by atoms with Gasteiger partial charge in [0.1, 0.15) is 6.04 Å². The zero-order chi connectivity index (χ0) is 15.5. The fourth-order valence-electron chi connectivity index (χ4n) is 1.40. The van der Waals surface area contributed by atoms with Crippen molar-refractivity contribution < 1.29 is 9.59 Å². The van der Waals surface area contributed by atoms with E-state index in [1.54, 1.807) is 39.8 Å². The van der Waals surface area contributed by atoms with Crippen molar-refractivity contribution in [1.29, 1.82) is 0 Å². The number of nitrogens with one attached hydrogen (secondary N) is 2. The van der Waals surface area contributed by atoms with E-state index in [0.29, 0.717) is 10.7 Å². The van der Waals surface area contributed by atoms with Crippen LogP contribution in [0.3, 0.4) is 0 Å². The van der Waals surface area contributed by atoms with E-state index in [4.69, 9.17) is 11.6 Å². The molecule has 0 saturated heterocycles. The van der Waals surface area contributed by atoms with Crippen LogP contribution in [0.5, 0.6) is 0 Å². The zero-order valence-electron chi connectivity index (χ0n) is 12.5. The van der Waals surface area contributed by atoms with Crippen molar-refractivity contribution in [2.75, 3.05) is 5.32 Å². The van der Waals surface area contributed by atoms with Gasteiger partial charge in [0, 0.05) is 16.1 Å². The van der Waals surface area contributed by atoms with Crippen LogP contribution in [0.2, 0.25) is 5.02 Å². The molecule has 1 aromatic carbocycles. The number of benzene rings is 1. The van der Waals surface area contributed by atoms with Gasteiger partial charge in [-0.05, 0) is 31.5 Å². The fraction of sp³-hybridized carbons (Fsp3) is 0.467. The third-order valence-electron chi connectivity index (χ3n) is 2.86. The molecule has 1 rings (SSSR count). The smallest absolute Gasteiger partial charge is 0.246 e. The Labute approximate surface area is 124 Å². The van der Waals surface area contributed by atoms with E-state index in [-0.39, 0.29) is 11.8 Å². The molecule has 0 aromatic heterocycles. The van der Waals surface area contributed by atoms with Gasteiger partial charge in [-0.3, -0.25) is 9.59 Å². The van der Waals surface area contributed by atoms with Crippen LogP contribution in [-0.4, -0.2) is 17.9 Å². The van der Waals surface area contributed by atoms with E-state index < -0.39 is 11.5 Å². The Morgan fingerprint density at radius 2 is 1.85 bits per heavy atom. The second-order valence-electron chi connectivity index (χ2n) is 5.90. The standard InChI is InChI=1S/C15H21ClN2O2/c1-9-6-7-11(8-12(9)16)18-13(19)10(2)17-14(20)15(3,4)5/h6-8,10H,1-5H3,(H,17,20)(H,18,19). The summed E-state index contributed by atoms with van der Waals surface area (Å²) in [6.07, 6.45) is 0. The third-order valence-corrected chi connectivity index (χ3v) is 3.27. The Bertz CT molecular complexity index is 521. The Morgan fingerprint density at radius 3 is 2.35 bits per heavy atom. The fourth-order valence-corrected chi connectivity index (χ4v) is 1.58. The van der Waals surface area contributed by atoms with Crippen molar-refractivity contribution >= 4 is 29.1 Å². The van der Waals surface area contributed by atoms with Crippen molar-refractivity contribution in [2.24, 2.45) is 5.41 Å². The van der Waals surface area contributed by atoms with E-state index in [1.165, 1.54) is 0 Å². The predicted molar refractivity (Wildman–Crippen MR) is 81.9 cm³/mol. The Morgan fingerprint density at radius 1 is 1.25 bits per heavy atom. The van der Waals surface area contributed by atoms with Crippen LogP contribution < -0.4 is 10.6 Å². The highest BCUT2D eigenvalue weighted by molar-refractivity contribution is 6.31. The van der Waals surface area contributed by atoms with Gasteiger partial charge in [-0.15, -0.1) is 0 Å². The Balaban J connectivity index is 2.66. The molecule has 4 nitrogen and oxygen atoms in total. The Hall–Kier alpha value is -1.55. The monoisotopic (exact) mass is 296 g/mol. The minimum atomic E-state index is -0.609. The molecule has 0 aliphatic heterocycles. The first-order valence-electron chi connectivity index (χ1n) is 6.49. The molecule has 0 saturated carbocycles. The summed E-state index contributed by atoms with van der Waals surface area (Å²) in [4.78, 5) is 23.8. The Kier molecular flexibility index (Phi) is 5.17. The average Bonchev–Trinajstić information content (AvgIpc) is 2.32. The highest BCUT2D eigenvalue weighted by Crippen LogP contribution is 2.20. The molecule has 0 aliphatic carbocycles. The van der Waals surface area contributed by atoms with E-state index in [0.717, 1.165) is 5.56 Å². The largest absolute Gasteiger partial charge is 0.344 e. The molecule has 2 amide bonds. The number of rotatable bonds is 3. The molecule has 0 radical (unpaired) electrons. The topological polar surface area (TPSA) is 58.2 Å². The number of anilines is 1. The molecule has 5 heteroatoms. The molecule has 0 heterocycles. The van der Waals surface area contributed by atoms with Gasteiger partial charge in [-0.2, -0.15) is 0 Å². The molecule has 0 spiro atoms. The number of halogens is 1. The van der Waals surface area contributed by atoms with Crippen LogP contribution in [0.1, 0.15) is 33.3 Å². The van der Waals surface area contributed by atoms with E-state index in [1.807, 2.05) is 13.0 Å². The normalized spacial score (nSPS) is 12.7. The van der Waals surface area contributed by atoms with Gasteiger partial charge in [0.15, 0.2) is 0 Å². The summed E-state index contributed by atoms with van der Waals surface area (Å²) in [6.45, 7) is 8.93. The average molecular weight is 297 g/mol. The highest BCUT2D eigenvalue weighted by Gasteiger charge is 2.25. The first-order valence-corrected chi connectivity index (χ1v) is 6.87. The summed E-state index contributed by atoms with van der Waals surface area (Å²) >= 11 is 6.00. The van der Waals surface area contributed by atoms with Crippen LogP contribution >= 0.6 is 11.6 Å². The summed E-state index contributed by atoms with van der Waals surface area (Å²) in [5.41, 5.74) is 1.03. The molecule has 0 fully saturated rings. The lowest BCUT2D eigenvalue weighted by atomic mass is 9.95. The molecule has 0 bridgehead atoms. The van der Waals surface area contributed by atoms with Crippen molar-refractivity contribution in [3.8, 4) is 0 Å². The van der Waals surface area contributed by atoms with E-state index in [2.05, 4.69) is 10.6 Å². The van der Waals surface area contributed by atoms with Crippen LogP contribution in [0.4, 0.5) is 5.69 Å².